The van der Waals surface area contributed by atoms with E-state index in [1.165, 1.54) is 12.3 Å². The van der Waals surface area contributed by atoms with Gasteiger partial charge in [0.2, 0.25) is 0 Å². The molecule has 0 aliphatic carbocycles. The third-order valence-corrected chi connectivity index (χ3v) is 5.63. The lowest BCUT2D eigenvalue weighted by Gasteiger charge is -2.31. The normalized spacial score (nSPS) is 12.1. The van der Waals surface area contributed by atoms with E-state index >= 15 is 0 Å². The molecule has 0 saturated carbocycles. The molecule has 0 aliphatic heterocycles. The SMILES string of the molecule is CCCN(C(=O)OC(C)(C)C)C(=O)c1ncc2c(Br)c(F)ccc2c1N(C(=O)OC(C)(C)C)C(=O)OC(C)(C)C. The number of pyridine rings is 1. The molecule has 0 bridgehead atoms. The zero-order valence-corrected chi connectivity index (χ0v) is 26.2. The fourth-order valence-electron chi connectivity index (χ4n) is 3.42. The molecule has 2 rings (SSSR count). The number of imide groups is 2. The van der Waals surface area contributed by atoms with Gasteiger partial charge in [-0.2, -0.15) is 4.90 Å². The van der Waals surface area contributed by atoms with Gasteiger partial charge in [-0.3, -0.25) is 4.79 Å². The highest BCUT2D eigenvalue weighted by molar-refractivity contribution is 9.10. The molecule has 12 heteroatoms. The Kier molecular flexibility index (Phi) is 9.94. The van der Waals surface area contributed by atoms with Gasteiger partial charge in [0.15, 0.2) is 5.69 Å². The quantitative estimate of drug-likeness (QED) is 0.319. The van der Waals surface area contributed by atoms with Crippen molar-refractivity contribution in [2.24, 2.45) is 0 Å². The number of nitrogens with zero attached hydrogens (tertiary/aromatic N) is 3. The number of halogens is 2. The summed E-state index contributed by atoms with van der Waals surface area (Å²) in [5, 5.41) is 0.256. The third-order valence-electron chi connectivity index (χ3n) is 4.82. The Morgan fingerprint density at radius 1 is 0.825 bits per heavy atom. The number of hydrogen-bond acceptors (Lipinski definition) is 8. The van der Waals surface area contributed by atoms with E-state index in [9.17, 15) is 23.6 Å². The summed E-state index contributed by atoms with van der Waals surface area (Å²) < 4.78 is 30.9. The van der Waals surface area contributed by atoms with Gasteiger partial charge in [-0.25, -0.2) is 28.7 Å². The average molecular weight is 627 g/mol. The standard InChI is InChI=1S/C28H37BrFN3O7/c1-11-14-32(23(35)38-26(2,3)4)22(34)20-21(16-12-13-18(30)19(29)17(16)15-31-20)33(24(36)39-27(5,6)7)25(37)40-28(8,9)10/h12-13,15H,11,14H2,1-10H3. The molecule has 1 aromatic carbocycles. The van der Waals surface area contributed by atoms with E-state index < -0.39 is 52.5 Å². The average Bonchev–Trinajstić information content (AvgIpc) is 2.76. The summed E-state index contributed by atoms with van der Waals surface area (Å²) in [7, 11) is 0. The van der Waals surface area contributed by atoms with E-state index in [0.29, 0.717) is 11.3 Å². The van der Waals surface area contributed by atoms with E-state index in [1.807, 2.05) is 0 Å². The van der Waals surface area contributed by atoms with Crippen LogP contribution in [0.1, 0.15) is 86.1 Å². The summed E-state index contributed by atoms with van der Waals surface area (Å²) >= 11 is 3.17. The lowest BCUT2D eigenvalue weighted by Crippen LogP contribution is -2.46. The molecule has 0 unspecified atom stereocenters. The van der Waals surface area contributed by atoms with Gasteiger partial charge in [-0.05, 0) is 96.8 Å². The number of carbonyl (C=O) groups excluding carboxylic acids is 4. The van der Waals surface area contributed by atoms with Crippen LogP contribution in [0, 0.1) is 5.82 Å². The zero-order valence-electron chi connectivity index (χ0n) is 24.6. The topological polar surface area (TPSA) is 115 Å². The first-order valence-electron chi connectivity index (χ1n) is 12.7. The van der Waals surface area contributed by atoms with Crippen molar-refractivity contribution in [3.05, 3.63) is 34.3 Å². The number of anilines is 1. The smallest absolute Gasteiger partial charge is 0.424 e. The second kappa shape index (κ2) is 12.1. The van der Waals surface area contributed by atoms with Crippen LogP contribution in [-0.4, -0.2) is 57.4 Å². The molecule has 0 saturated heterocycles. The molecule has 1 aromatic heterocycles. The van der Waals surface area contributed by atoms with Crippen molar-refractivity contribution in [2.75, 3.05) is 11.4 Å². The molecule has 0 atom stereocenters. The van der Waals surface area contributed by atoms with Crippen molar-refractivity contribution < 1.29 is 37.8 Å². The first-order valence-corrected chi connectivity index (χ1v) is 13.5. The number of fused-ring (bicyclic) bond motifs is 1. The van der Waals surface area contributed by atoms with E-state index in [1.54, 1.807) is 69.2 Å². The Balaban J connectivity index is 2.94. The molecule has 0 fully saturated rings. The largest absolute Gasteiger partial charge is 0.443 e. The molecule has 2 aromatic rings. The van der Waals surface area contributed by atoms with Crippen LogP contribution in [0.5, 0.6) is 0 Å². The number of benzene rings is 1. The van der Waals surface area contributed by atoms with E-state index in [-0.39, 0.29) is 27.5 Å². The first kappa shape index (κ1) is 32.9. The molecule has 0 N–H and O–H groups in total. The first-order chi connectivity index (χ1) is 18.2. The number of hydrogen-bond donors (Lipinski definition) is 0. The van der Waals surface area contributed by atoms with Gasteiger partial charge in [0.25, 0.3) is 5.91 Å². The van der Waals surface area contributed by atoms with Gasteiger partial charge >= 0.3 is 18.3 Å². The van der Waals surface area contributed by atoms with Crippen LogP contribution in [0.2, 0.25) is 0 Å². The molecule has 40 heavy (non-hydrogen) atoms. The Morgan fingerprint density at radius 2 is 1.30 bits per heavy atom. The van der Waals surface area contributed by atoms with Crippen LogP contribution < -0.4 is 4.90 Å². The maximum absolute atomic E-state index is 14.5. The zero-order chi connectivity index (χ0) is 30.8. The Morgan fingerprint density at radius 3 is 1.75 bits per heavy atom. The molecule has 1 heterocycles. The van der Waals surface area contributed by atoms with Gasteiger partial charge in [-0.1, -0.05) is 6.92 Å². The van der Waals surface area contributed by atoms with Crippen molar-refractivity contribution in [3.63, 3.8) is 0 Å². The molecular formula is C28H37BrFN3O7. The number of amides is 4. The molecule has 0 aliphatic rings. The molecular weight excluding hydrogens is 589 g/mol. The summed E-state index contributed by atoms with van der Waals surface area (Å²) in [4.78, 5) is 59.7. The van der Waals surface area contributed by atoms with Gasteiger partial charge < -0.3 is 14.2 Å². The number of carbonyl (C=O) groups is 4. The van der Waals surface area contributed by atoms with Gasteiger partial charge in [0.05, 0.1) is 10.2 Å². The minimum Gasteiger partial charge on any atom is -0.443 e. The summed E-state index contributed by atoms with van der Waals surface area (Å²) in [6, 6.07) is 2.40. The maximum atomic E-state index is 14.5. The highest BCUT2D eigenvalue weighted by Crippen LogP contribution is 2.37. The van der Waals surface area contributed by atoms with Gasteiger partial charge in [-0.15, -0.1) is 0 Å². The molecule has 10 nitrogen and oxygen atoms in total. The Hall–Kier alpha value is -3.28. The summed E-state index contributed by atoms with van der Waals surface area (Å²) in [6.07, 6.45) is -1.67. The van der Waals surface area contributed by atoms with Crippen LogP contribution in [0.15, 0.2) is 22.8 Å². The van der Waals surface area contributed by atoms with E-state index in [4.69, 9.17) is 14.2 Å². The lowest BCUT2D eigenvalue weighted by molar-refractivity contribution is 0.0239. The van der Waals surface area contributed by atoms with Crippen LogP contribution >= 0.6 is 15.9 Å². The second-order valence-electron chi connectivity index (χ2n) is 12.0. The van der Waals surface area contributed by atoms with E-state index in [2.05, 4.69) is 20.9 Å². The van der Waals surface area contributed by atoms with E-state index in [0.717, 1.165) is 11.0 Å². The van der Waals surface area contributed by atoms with Gasteiger partial charge in [0, 0.05) is 23.5 Å². The minimum atomic E-state index is -1.16. The van der Waals surface area contributed by atoms with Crippen LogP contribution in [0.3, 0.4) is 0 Å². The lowest BCUT2D eigenvalue weighted by atomic mass is 10.1. The highest BCUT2D eigenvalue weighted by Gasteiger charge is 2.39. The Bertz CT molecular complexity index is 1280. The fraction of sp³-hybridized carbons (Fsp3) is 0.536. The van der Waals surface area contributed by atoms with Crippen molar-refractivity contribution >= 4 is 56.6 Å². The maximum Gasteiger partial charge on any atom is 0.424 e. The van der Waals surface area contributed by atoms with Crippen LogP contribution in [-0.2, 0) is 14.2 Å². The predicted molar refractivity (Wildman–Crippen MR) is 152 cm³/mol. The fourth-order valence-corrected chi connectivity index (χ4v) is 3.86. The minimum absolute atomic E-state index is 0.0105. The highest BCUT2D eigenvalue weighted by atomic mass is 79.9. The summed E-state index contributed by atoms with van der Waals surface area (Å²) in [6.45, 7) is 16.3. The summed E-state index contributed by atoms with van der Waals surface area (Å²) in [5.41, 5.74) is -3.78. The second-order valence-corrected chi connectivity index (χ2v) is 12.8. The van der Waals surface area contributed by atoms with Crippen LogP contribution in [0.4, 0.5) is 24.5 Å². The number of ether oxygens (including phenoxy) is 3. The van der Waals surface area contributed by atoms with Crippen molar-refractivity contribution in [3.8, 4) is 0 Å². The van der Waals surface area contributed by atoms with Gasteiger partial charge in [0.1, 0.15) is 22.6 Å². The monoisotopic (exact) mass is 625 g/mol. The summed E-state index contributed by atoms with van der Waals surface area (Å²) in [5.74, 6) is -1.58. The molecule has 4 amide bonds. The Labute approximate surface area is 242 Å². The number of rotatable bonds is 4. The van der Waals surface area contributed by atoms with Crippen molar-refractivity contribution in [1.82, 2.24) is 9.88 Å². The predicted octanol–water partition coefficient (Wildman–Crippen LogP) is 7.60. The van der Waals surface area contributed by atoms with Crippen LogP contribution in [0.25, 0.3) is 10.8 Å². The molecule has 0 spiro atoms. The van der Waals surface area contributed by atoms with Crippen molar-refractivity contribution in [1.29, 1.82) is 0 Å². The molecule has 0 radical (unpaired) electrons. The third kappa shape index (κ3) is 8.36. The number of aromatic nitrogens is 1. The van der Waals surface area contributed by atoms with Crippen molar-refractivity contribution in [2.45, 2.75) is 92.5 Å². The molecule has 220 valence electrons.